The molecule has 1 amide bonds. The highest BCUT2D eigenvalue weighted by molar-refractivity contribution is 6.06. The van der Waals surface area contributed by atoms with E-state index in [4.69, 9.17) is 33.1 Å². The highest BCUT2D eigenvalue weighted by Crippen LogP contribution is 2.33. The monoisotopic (exact) mass is 575 g/mol. The van der Waals surface area contributed by atoms with Gasteiger partial charge in [-0.1, -0.05) is 0 Å². The van der Waals surface area contributed by atoms with Crippen LogP contribution in [0.25, 0.3) is 11.0 Å². The van der Waals surface area contributed by atoms with Crippen LogP contribution >= 0.6 is 0 Å². The number of benzene rings is 2. The maximum Gasteiger partial charge on any atom is 0.302 e. The number of carbonyl (C=O) groups excluding carboxylic acids is 2. The number of nitrogens with one attached hydrogen (secondary N) is 1. The van der Waals surface area contributed by atoms with E-state index in [-0.39, 0.29) is 17.7 Å². The maximum absolute atomic E-state index is 13.9. The fourth-order valence-corrected chi connectivity index (χ4v) is 4.15. The van der Waals surface area contributed by atoms with E-state index in [9.17, 15) is 9.59 Å². The summed E-state index contributed by atoms with van der Waals surface area (Å²) in [7, 11) is 3.03. The summed E-state index contributed by atoms with van der Waals surface area (Å²) < 4.78 is 33.7. The number of ether oxygens (including phenoxy) is 5. The number of hydrogen-bond acceptors (Lipinski definition) is 10. The molecule has 4 aromatic rings. The first-order valence-electron chi connectivity index (χ1n) is 13.3. The van der Waals surface area contributed by atoms with E-state index in [0.717, 1.165) is 0 Å². The quantitative estimate of drug-likeness (QED) is 0.230. The Morgan fingerprint density at radius 2 is 1.71 bits per heavy atom. The normalized spacial score (nSPS) is 11.2. The Morgan fingerprint density at radius 1 is 0.952 bits per heavy atom. The number of esters is 1. The summed E-state index contributed by atoms with van der Waals surface area (Å²) in [6, 6.07) is 11.9. The van der Waals surface area contributed by atoms with Crippen molar-refractivity contribution in [3.05, 3.63) is 71.0 Å². The molecule has 0 aliphatic heterocycles. The minimum Gasteiger partial charge on any atom is -0.497 e. The Hall–Kier alpha value is -5.06. The Balaban J connectivity index is 1.95. The van der Waals surface area contributed by atoms with Gasteiger partial charge in [-0.05, 0) is 51.1 Å². The Bertz CT molecular complexity index is 1680. The number of methoxy groups -OCH3 is 2. The summed E-state index contributed by atoms with van der Waals surface area (Å²) in [5.74, 6) is 1.06. The Labute approximate surface area is 243 Å². The molecule has 0 radical (unpaired) electrons. The highest BCUT2D eigenvalue weighted by Gasteiger charge is 2.19. The van der Waals surface area contributed by atoms with E-state index >= 15 is 0 Å². The third-order valence-corrected chi connectivity index (χ3v) is 6.15. The first-order chi connectivity index (χ1) is 20.3. The van der Waals surface area contributed by atoms with Gasteiger partial charge in [0.1, 0.15) is 40.9 Å². The first-order valence-corrected chi connectivity index (χ1v) is 13.3. The van der Waals surface area contributed by atoms with Gasteiger partial charge in [0.05, 0.1) is 38.8 Å². The van der Waals surface area contributed by atoms with Crippen molar-refractivity contribution >= 4 is 34.2 Å². The van der Waals surface area contributed by atoms with Crippen LogP contribution in [0, 0.1) is 6.92 Å². The molecule has 0 saturated heterocycles. The van der Waals surface area contributed by atoms with Gasteiger partial charge in [-0.25, -0.2) is 4.99 Å². The average molecular weight is 576 g/mol. The summed E-state index contributed by atoms with van der Waals surface area (Å²) in [5.41, 5.74) is 2.44. The van der Waals surface area contributed by atoms with Gasteiger partial charge in [0.2, 0.25) is 5.55 Å². The number of carbonyl (C=O) groups is 2. The van der Waals surface area contributed by atoms with Crippen molar-refractivity contribution < 1.29 is 37.7 Å². The molecule has 220 valence electrons. The van der Waals surface area contributed by atoms with Gasteiger partial charge in [-0.15, -0.1) is 0 Å². The van der Waals surface area contributed by atoms with E-state index in [1.807, 2.05) is 13.8 Å². The van der Waals surface area contributed by atoms with Gasteiger partial charge in [0, 0.05) is 36.2 Å². The number of fused-ring (bicyclic) bond motifs is 1. The van der Waals surface area contributed by atoms with E-state index in [2.05, 4.69) is 10.3 Å². The van der Waals surface area contributed by atoms with E-state index in [1.54, 1.807) is 62.7 Å². The number of anilines is 1. The number of hydrogen-bond donors (Lipinski definition) is 1. The summed E-state index contributed by atoms with van der Waals surface area (Å²) in [6.07, 6.45) is 1.58. The molecular formula is C31H33N3O8. The van der Waals surface area contributed by atoms with Crippen LogP contribution in [0.1, 0.15) is 42.4 Å². The van der Waals surface area contributed by atoms with Crippen molar-refractivity contribution in [1.29, 1.82) is 0 Å². The lowest BCUT2D eigenvalue weighted by Crippen LogP contribution is -2.22. The van der Waals surface area contributed by atoms with Crippen molar-refractivity contribution in [2.45, 2.75) is 34.3 Å². The number of rotatable bonds is 11. The smallest absolute Gasteiger partial charge is 0.302 e. The van der Waals surface area contributed by atoms with Crippen LogP contribution in [0.4, 0.5) is 11.4 Å². The van der Waals surface area contributed by atoms with Gasteiger partial charge in [0.25, 0.3) is 5.91 Å². The van der Waals surface area contributed by atoms with Crippen LogP contribution in [0.15, 0.2) is 58.1 Å². The van der Waals surface area contributed by atoms with Crippen molar-refractivity contribution in [2.75, 3.05) is 32.8 Å². The summed E-state index contributed by atoms with van der Waals surface area (Å²) >= 11 is 0. The molecule has 4 rings (SSSR count). The lowest BCUT2D eigenvalue weighted by molar-refractivity contribution is -0.142. The van der Waals surface area contributed by atoms with Crippen LogP contribution in [0.2, 0.25) is 0 Å². The van der Waals surface area contributed by atoms with Gasteiger partial charge in [0.15, 0.2) is 5.58 Å². The minimum absolute atomic E-state index is 0.0108. The van der Waals surface area contributed by atoms with Gasteiger partial charge < -0.3 is 33.4 Å². The molecule has 0 fully saturated rings. The second-order valence-electron chi connectivity index (χ2n) is 8.98. The average Bonchev–Trinajstić information content (AvgIpc) is 2.98. The summed E-state index contributed by atoms with van der Waals surface area (Å²) in [4.78, 5) is 34.5. The second kappa shape index (κ2) is 13.5. The lowest BCUT2D eigenvalue weighted by atomic mass is 10.1. The number of aryl methyl sites for hydroxylation is 1. The van der Waals surface area contributed by atoms with Crippen LogP contribution < -0.4 is 29.8 Å². The minimum atomic E-state index is -0.519. The second-order valence-corrected chi connectivity index (χ2v) is 8.98. The van der Waals surface area contributed by atoms with Gasteiger partial charge in [-0.3, -0.25) is 14.6 Å². The number of nitrogens with zero attached hydrogens (tertiary/aromatic N) is 2. The van der Waals surface area contributed by atoms with Crippen molar-refractivity contribution in [2.24, 2.45) is 4.99 Å². The molecule has 2 heterocycles. The van der Waals surface area contributed by atoms with Gasteiger partial charge in [-0.2, -0.15) is 0 Å². The zero-order valence-electron chi connectivity index (χ0n) is 24.4. The topological polar surface area (TPSA) is 131 Å². The third kappa shape index (κ3) is 6.80. The van der Waals surface area contributed by atoms with E-state index in [1.165, 1.54) is 14.0 Å². The molecule has 2 aromatic heterocycles. The third-order valence-electron chi connectivity index (χ3n) is 6.15. The summed E-state index contributed by atoms with van der Waals surface area (Å²) in [5, 5.41) is 3.42. The van der Waals surface area contributed by atoms with Crippen molar-refractivity contribution in [3.63, 3.8) is 0 Å². The largest absolute Gasteiger partial charge is 0.497 e. The SMILES string of the molecule is CCOc1ccc(OCC)c(N=c2oc3c(C)ncc(COC(C)=O)c3cc2C(=O)Nc2ccc(OC)cc2OC)c1. The molecule has 0 bridgehead atoms. The molecule has 11 nitrogen and oxygen atoms in total. The number of aromatic nitrogens is 1. The molecule has 1 N–H and O–H groups in total. The molecule has 0 spiro atoms. The molecule has 0 unspecified atom stereocenters. The predicted molar refractivity (Wildman–Crippen MR) is 156 cm³/mol. The number of pyridine rings is 1. The van der Waals surface area contributed by atoms with E-state index < -0.39 is 11.9 Å². The standard InChI is InChI=1S/C31H33N3O8/c1-7-39-22-10-12-27(40-8-2)26(13-22)34-31-24(30(36)33-25-11-9-21(37-5)14-28(25)38-6)15-23-20(17-41-19(4)35)16-32-18(3)29(23)42-31/h9-16H,7-8,17H2,1-6H3,(H,33,36). The Kier molecular flexibility index (Phi) is 9.64. The molecule has 0 saturated carbocycles. The fourth-order valence-electron chi connectivity index (χ4n) is 4.15. The molecular weight excluding hydrogens is 542 g/mol. The number of amides is 1. The predicted octanol–water partition coefficient (Wildman–Crippen LogP) is 5.50. The van der Waals surface area contributed by atoms with Crippen LogP contribution in [0.3, 0.4) is 0 Å². The van der Waals surface area contributed by atoms with Gasteiger partial charge >= 0.3 is 5.97 Å². The molecule has 42 heavy (non-hydrogen) atoms. The molecule has 2 aromatic carbocycles. The Morgan fingerprint density at radius 3 is 2.40 bits per heavy atom. The van der Waals surface area contributed by atoms with E-state index in [0.29, 0.717) is 69.8 Å². The zero-order valence-corrected chi connectivity index (χ0v) is 24.4. The lowest BCUT2D eigenvalue weighted by Gasteiger charge is -2.14. The fraction of sp³-hybridized carbons (Fsp3) is 0.290. The first kappa shape index (κ1) is 29.9. The van der Waals surface area contributed by atoms with Crippen molar-refractivity contribution in [1.82, 2.24) is 4.98 Å². The molecule has 0 atom stereocenters. The molecule has 0 aliphatic carbocycles. The van der Waals surface area contributed by atoms with Crippen LogP contribution in [-0.4, -0.2) is 44.3 Å². The van der Waals surface area contributed by atoms with Crippen molar-refractivity contribution in [3.8, 4) is 23.0 Å². The van der Waals surface area contributed by atoms with Crippen LogP contribution in [0.5, 0.6) is 23.0 Å². The molecule has 0 aliphatic rings. The maximum atomic E-state index is 13.9. The zero-order chi connectivity index (χ0) is 30.2. The van der Waals surface area contributed by atoms with Crippen LogP contribution in [-0.2, 0) is 16.1 Å². The highest BCUT2D eigenvalue weighted by atomic mass is 16.5. The summed E-state index contributed by atoms with van der Waals surface area (Å²) in [6.45, 7) is 7.64. The molecule has 11 heteroatoms.